The maximum atomic E-state index is 5.64. The first-order valence-electron chi connectivity index (χ1n) is 5.20. The minimum absolute atomic E-state index is 0.668. The lowest BCUT2D eigenvalue weighted by Crippen LogP contribution is -2.00. The van der Waals surface area contributed by atoms with E-state index in [4.69, 9.17) is 10.2 Å². The highest BCUT2D eigenvalue weighted by molar-refractivity contribution is 14.1. The van der Waals surface area contributed by atoms with Gasteiger partial charge in [-0.15, -0.1) is 0 Å². The summed E-state index contributed by atoms with van der Waals surface area (Å²) in [7, 11) is 0. The summed E-state index contributed by atoms with van der Waals surface area (Å²) in [4.78, 5) is 4.23. The van der Waals surface area contributed by atoms with Crippen LogP contribution in [0.1, 0.15) is 12.3 Å². The molecule has 0 fully saturated rings. The van der Waals surface area contributed by atoms with E-state index in [0.717, 1.165) is 30.1 Å². The Morgan fingerprint density at radius 3 is 2.69 bits per heavy atom. The maximum Gasteiger partial charge on any atom is 0.194 e. The molecule has 1 aromatic heterocycles. The molecule has 84 valence electrons. The van der Waals surface area contributed by atoms with Crippen molar-refractivity contribution in [2.24, 2.45) is 5.73 Å². The van der Waals surface area contributed by atoms with Gasteiger partial charge in [0, 0.05) is 15.6 Å². The summed E-state index contributed by atoms with van der Waals surface area (Å²) in [6.07, 6.45) is 3.49. The Balaban J connectivity index is 2.15. The fraction of sp³-hybridized carbons (Fsp3) is 0.250. The van der Waals surface area contributed by atoms with Gasteiger partial charge in [-0.05, 0) is 47.7 Å². The number of rotatable bonds is 4. The van der Waals surface area contributed by atoms with Gasteiger partial charge >= 0.3 is 0 Å². The lowest BCUT2D eigenvalue weighted by Gasteiger charge is -1.96. The predicted molar refractivity (Wildman–Crippen MR) is 72.0 cm³/mol. The minimum Gasteiger partial charge on any atom is -0.441 e. The van der Waals surface area contributed by atoms with E-state index >= 15 is 0 Å². The molecule has 0 saturated heterocycles. The van der Waals surface area contributed by atoms with Crippen molar-refractivity contribution < 1.29 is 4.42 Å². The summed E-state index contributed by atoms with van der Waals surface area (Å²) < 4.78 is 6.85. The second-order valence-corrected chi connectivity index (χ2v) is 4.76. The monoisotopic (exact) mass is 328 g/mol. The van der Waals surface area contributed by atoms with E-state index in [9.17, 15) is 0 Å². The molecule has 1 aromatic carbocycles. The molecule has 0 amide bonds. The van der Waals surface area contributed by atoms with Gasteiger partial charge in [-0.1, -0.05) is 12.1 Å². The van der Waals surface area contributed by atoms with Crippen LogP contribution < -0.4 is 5.73 Å². The number of nitrogens with two attached hydrogens (primary N) is 1. The van der Waals surface area contributed by atoms with Gasteiger partial charge in [-0.2, -0.15) is 0 Å². The fourth-order valence-electron chi connectivity index (χ4n) is 1.43. The van der Waals surface area contributed by atoms with Crippen LogP contribution in [-0.4, -0.2) is 11.5 Å². The molecule has 0 atom stereocenters. The van der Waals surface area contributed by atoms with E-state index in [2.05, 4.69) is 39.7 Å². The molecule has 0 radical (unpaired) electrons. The Morgan fingerprint density at radius 1 is 1.25 bits per heavy atom. The highest BCUT2D eigenvalue weighted by atomic mass is 127. The van der Waals surface area contributed by atoms with Crippen LogP contribution in [0.3, 0.4) is 0 Å². The van der Waals surface area contributed by atoms with Crippen LogP contribution >= 0.6 is 22.6 Å². The van der Waals surface area contributed by atoms with Crippen molar-refractivity contribution in [3.05, 3.63) is 39.9 Å². The Bertz CT molecular complexity index is 450. The van der Waals surface area contributed by atoms with E-state index in [1.165, 1.54) is 3.57 Å². The van der Waals surface area contributed by atoms with Crippen molar-refractivity contribution >= 4 is 22.6 Å². The molecule has 0 aliphatic rings. The minimum atomic E-state index is 0.668. The maximum absolute atomic E-state index is 5.64. The molecule has 16 heavy (non-hydrogen) atoms. The number of nitrogens with zero attached hydrogens (tertiary/aromatic N) is 1. The smallest absolute Gasteiger partial charge is 0.194 e. The number of oxazole rings is 1. The molecule has 0 aliphatic heterocycles. The largest absolute Gasteiger partial charge is 0.441 e. The zero-order valence-corrected chi connectivity index (χ0v) is 11.0. The molecule has 2 rings (SSSR count). The first-order chi connectivity index (χ1) is 7.79. The number of hydrogen-bond donors (Lipinski definition) is 1. The van der Waals surface area contributed by atoms with Crippen LogP contribution in [0, 0.1) is 3.57 Å². The molecular weight excluding hydrogens is 315 g/mol. The second kappa shape index (κ2) is 5.45. The summed E-state index contributed by atoms with van der Waals surface area (Å²) in [6.45, 7) is 0.668. The van der Waals surface area contributed by atoms with E-state index in [0.29, 0.717) is 6.54 Å². The third kappa shape index (κ3) is 2.82. The summed E-state index contributed by atoms with van der Waals surface area (Å²) >= 11 is 2.28. The normalized spacial score (nSPS) is 10.6. The van der Waals surface area contributed by atoms with Crippen LogP contribution in [-0.2, 0) is 6.42 Å². The molecule has 1 heterocycles. The van der Waals surface area contributed by atoms with Crippen LogP contribution in [0.2, 0.25) is 0 Å². The van der Waals surface area contributed by atoms with Crippen LogP contribution in [0.5, 0.6) is 0 Å². The summed E-state index contributed by atoms with van der Waals surface area (Å²) in [5.41, 5.74) is 6.50. The highest BCUT2D eigenvalue weighted by Crippen LogP contribution is 2.21. The van der Waals surface area contributed by atoms with Crippen molar-refractivity contribution in [1.82, 2.24) is 4.98 Å². The van der Waals surface area contributed by atoms with E-state index < -0.39 is 0 Å². The number of halogens is 1. The molecule has 0 aliphatic carbocycles. The molecular formula is C12H13IN2O. The van der Waals surface area contributed by atoms with Gasteiger partial charge in [0.2, 0.25) is 0 Å². The van der Waals surface area contributed by atoms with Gasteiger partial charge < -0.3 is 10.2 Å². The van der Waals surface area contributed by atoms with E-state index in [1.54, 1.807) is 6.20 Å². The molecule has 2 aromatic rings. The van der Waals surface area contributed by atoms with Gasteiger partial charge in [0.25, 0.3) is 0 Å². The van der Waals surface area contributed by atoms with Crippen LogP contribution in [0.4, 0.5) is 0 Å². The first kappa shape index (κ1) is 11.6. The number of aromatic nitrogens is 1. The topological polar surface area (TPSA) is 52.0 Å². The Kier molecular flexibility index (Phi) is 3.95. The third-order valence-electron chi connectivity index (χ3n) is 2.28. The Hall–Kier alpha value is -0.880. The Labute approximate surface area is 108 Å². The van der Waals surface area contributed by atoms with E-state index in [-0.39, 0.29) is 0 Å². The molecule has 0 spiro atoms. The summed E-state index contributed by atoms with van der Waals surface area (Å²) in [6, 6.07) is 8.18. The average Bonchev–Trinajstić information content (AvgIpc) is 2.76. The summed E-state index contributed by atoms with van der Waals surface area (Å²) in [5.74, 6) is 1.59. The predicted octanol–water partition coefficient (Wildman–Crippen LogP) is 2.84. The van der Waals surface area contributed by atoms with Gasteiger partial charge in [-0.25, -0.2) is 4.98 Å². The van der Waals surface area contributed by atoms with Gasteiger partial charge in [0.1, 0.15) is 0 Å². The number of benzene rings is 1. The van der Waals surface area contributed by atoms with Crippen molar-refractivity contribution in [1.29, 1.82) is 0 Å². The molecule has 0 bridgehead atoms. The standard InChI is InChI=1S/C12H13IN2O/c13-10-5-3-9(4-6-10)11-8-15-12(16-11)2-1-7-14/h3-6,8H,1-2,7,14H2. The van der Waals surface area contributed by atoms with Gasteiger partial charge in [0.15, 0.2) is 11.7 Å². The lowest BCUT2D eigenvalue weighted by atomic mass is 10.2. The van der Waals surface area contributed by atoms with Crippen molar-refractivity contribution in [3.63, 3.8) is 0 Å². The SMILES string of the molecule is NCCCc1ncc(-c2ccc(I)cc2)o1. The fourth-order valence-corrected chi connectivity index (χ4v) is 1.79. The zero-order chi connectivity index (χ0) is 11.4. The highest BCUT2D eigenvalue weighted by Gasteiger charge is 2.05. The van der Waals surface area contributed by atoms with Crippen LogP contribution in [0.15, 0.2) is 34.9 Å². The van der Waals surface area contributed by atoms with Crippen molar-refractivity contribution in [2.75, 3.05) is 6.54 Å². The second-order valence-electron chi connectivity index (χ2n) is 3.52. The van der Waals surface area contributed by atoms with Crippen molar-refractivity contribution in [2.45, 2.75) is 12.8 Å². The molecule has 4 heteroatoms. The molecule has 0 unspecified atom stereocenters. The first-order valence-corrected chi connectivity index (χ1v) is 6.28. The third-order valence-corrected chi connectivity index (χ3v) is 3.00. The quantitative estimate of drug-likeness (QED) is 0.878. The molecule has 2 N–H and O–H groups in total. The zero-order valence-electron chi connectivity index (χ0n) is 8.82. The van der Waals surface area contributed by atoms with Crippen LogP contribution in [0.25, 0.3) is 11.3 Å². The number of hydrogen-bond acceptors (Lipinski definition) is 3. The molecule has 0 saturated carbocycles. The van der Waals surface area contributed by atoms with Gasteiger partial charge in [-0.3, -0.25) is 0 Å². The number of aryl methyl sites for hydroxylation is 1. The molecule has 3 nitrogen and oxygen atoms in total. The average molecular weight is 328 g/mol. The van der Waals surface area contributed by atoms with Gasteiger partial charge in [0.05, 0.1) is 6.20 Å². The van der Waals surface area contributed by atoms with Crippen molar-refractivity contribution in [3.8, 4) is 11.3 Å². The van der Waals surface area contributed by atoms with E-state index in [1.807, 2.05) is 12.1 Å². The Morgan fingerprint density at radius 2 is 2.00 bits per heavy atom. The summed E-state index contributed by atoms with van der Waals surface area (Å²) in [5, 5.41) is 0. The lowest BCUT2D eigenvalue weighted by molar-refractivity contribution is 0.499.